The van der Waals surface area contributed by atoms with Crippen molar-refractivity contribution in [3.8, 4) is 0 Å². The number of nitrogens with zero attached hydrogens (tertiary/aromatic N) is 1. The first kappa shape index (κ1) is 22.1. The third-order valence-corrected chi connectivity index (χ3v) is 3.50. The average Bonchev–Trinajstić information content (AvgIpc) is 3.09. The van der Waals surface area contributed by atoms with E-state index in [2.05, 4.69) is 25.9 Å². The van der Waals surface area contributed by atoms with E-state index in [1.807, 2.05) is 0 Å². The summed E-state index contributed by atoms with van der Waals surface area (Å²) in [5.41, 5.74) is 5.95. The highest BCUT2D eigenvalue weighted by atomic mass is 16.4. The van der Waals surface area contributed by atoms with Gasteiger partial charge in [0, 0.05) is 18.3 Å². The molecule has 0 aliphatic rings. The lowest BCUT2D eigenvalue weighted by atomic mass is 10.1. The Morgan fingerprint density at radius 3 is 2.33 bits per heavy atom. The Bertz CT molecular complexity index is 660. The smallest absolute Gasteiger partial charge is 0.322 e. The summed E-state index contributed by atoms with van der Waals surface area (Å²) in [4.78, 5) is 53.7. The molecule has 1 rings (SSSR count). The zero-order valence-electron chi connectivity index (χ0n) is 14.9. The second-order valence-corrected chi connectivity index (χ2v) is 5.97. The first-order chi connectivity index (χ1) is 12.6. The Morgan fingerprint density at radius 2 is 1.85 bits per heavy atom. The van der Waals surface area contributed by atoms with Crippen LogP contribution >= 0.6 is 0 Å². The van der Waals surface area contributed by atoms with Crippen molar-refractivity contribution in [1.82, 2.24) is 25.9 Å². The van der Waals surface area contributed by atoms with Crippen LogP contribution in [-0.2, 0) is 25.6 Å². The zero-order valence-corrected chi connectivity index (χ0v) is 14.9. The summed E-state index contributed by atoms with van der Waals surface area (Å²) < 4.78 is 0. The Labute approximate surface area is 154 Å². The number of rotatable bonds is 10. The van der Waals surface area contributed by atoms with Crippen molar-refractivity contribution >= 4 is 23.7 Å². The van der Waals surface area contributed by atoms with Crippen LogP contribution in [0.1, 0.15) is 19.5 Å². The van der Waals surface area contributed by atoms with E-state index in [0.717, 1.165) is 0 Å². The predicted molar refractivity (Wildman–Crippen MR) is 92.1 cm³/mol. The number of amides is 3. The molecule has 3 amide bonds. The van der Waals surface area contributed by atoms with Gasteiger partial charge in [-0.15, -0.1) is 0 Å². The van der Waals surface area contributed by atoms with Crippen LogP contribution in [0.2, 0.25) is 0 Å². The number of aromatic nitrogens is 2. The molecule has 0 saturated heterocycles. The molecule has 0 bridgehead atoms. The number of carbonyl (C=O) groups excluding carboxylic acids is 3. The van der Waals surface area contributed by atoms with Crippen molar-refractivity contribution in [3.63, 3.8) is 0 Å². The van der Waals surface area contributed by atoms with Gasteiger partial charge in [0.15, 0.2) is 0 Å². The Balaban J connectivity index is 2.89. The lowest BCUT2D eigenvalue weighted by Gasteiger charge is -2.25. The molecule has 0 spiro atoms. The largest absolute Gasteiger partial charge is 0.480 e. The standard InChI is InChI=1S/C15H24N6O6/c1-7(16)13(25)21-12(8(2)22)15(27)20-10(3-9-4-17-6-19-9)14(26)18-5-11(23)24/h4,6-8,10,12,22H,3,5,16H2,1-2H3,(H,17,19)(H,18,26)(H,20,27)(H,21,25)(H,23,24). The molecule has 8 N–H and O–H groups in total. The maximum absolute atomic E-state index is 12.5. The minimum atomic E-state index is -1.35. The fraction of sp³-hybridized carbons (Fsp3) is 0.533. The second-order valence-electron chi connectivity index (χ2n) is 5.97. The van der Waals surface area contributed by atoms with Crippen LogP contribution in [0.5, 0.6) is 0 Å². The Hall–Kier alpha value is -2.99. The molecular formula is C15H24N6O6. The molecule has 1 aromatic heterocycles. The Morgan fingerprint density at radius 1 is 1.19 bits per heavy atom. The lowest BCUT2D eigenvalue weighted by Crippen LogP contribution is -2.59. The van der Waals surface area contributed by atoms with Crippen LogP contribution in [0, 0.1) is 0 Å². The SMILES string of the molecule is CC(N)C(=O)NC(C(=O)NC(Cc1cnc[nH]1)C(=O)NCC(=O)O)C(C)O. The lowest BCUT2D eigenvalue weighted by molar-refractivity contribution is -0.138. The number of carboxylic acid groups (broad SMARTS) is 1. The first-order valence-electron chi connectivity index (χ1n) is 8.13. The normalized spacial score (nSPS) is 15.1. The van der Waals surface area contributed by atoms with Crippen molar-refractivity contribution in [2.75, 3.05) is 6.54 Å². The van der Waals surface area contributed by atoms with Gasteiger partial charge in [-0.05, 0) is 13.8 Å². The van der Waals surface area contributed by atoms with Gasteiger partial charge in [0.2, 0.25) is 17.7 Å². The van der Waals surface area contributed by atoms with E-state index in [1.54, 1.807) is 0 Å². The molecule has 4 atom stereocenters. The van der Waals surface area contributed by atoms with Gasteiger partial charge in [-0.1, -0.05) is 0 Å². The summed E-state index contributed by atoms with van der Waals surface area (Å²) in [6.45, 7) is 2.07. The minimum Gasteiger partial charge on any atom is -0.480 e. The van der Waals surface area contributed by atoms with Gasteiger partial charge in [-0.3, -0.25) is 19.2 Å². The van der Waals surface area contributed by atoms with Crippen molar-refractivity contribution in [2.45, 2.75) is 44.5 Å². The van der Waals surface area contributed by atoms with Crippen LogP contribution in [0.3, 0.4) is 0 Å². The number of aliphatic hydroxyl groups is 1. The maximum Gasteiger partial charge on any atom is 0.322 e. The highest BCUT2D eigenvalue weighted by molar-refractivity contribution is 5.94. The van der Waals surface area contributed by atoms with E-state index in [-0.39, 0.29) is 6.42 Å². The maximum atomic E-state index is 12.5. The van der Waals surface area contributed by atoms with E-state index in [1.165, 1.54) is 26.4 Å². The number of hydrogen-bond acceptors (Lipinski definition) is 7. The molecule has 12 heteroatoms. The number of nitrogens with two attached hydrogens (primary N) is 1. The average molecular weight is 384 g/mol. The summed E-state index contributed by atoms with van der Waals surface area (Å²) in [5.74, 6) is -3.48. The van der Waals surface area contributed by atoms with Crippen molar-refractivity contribution in [1.29, 1.82) is 0 Å². The molecule has 27 heavy (non-hydrogen) atoms. The molecule has 0 aliphatic carbocycles. The summed E-state index contributed by atoms with van der Waals surface area (Å²) in [6.07, 6.45) is 1.55. The summed E-state index contributed by atoms with van der Waals surface area (Å²) in [5, 5.41) is 25.3. The zero-order chi connectivity index (χ0) is 20.6. The molecule has 0 fully saturated rings. The molecular weight excluding hydrogens is 360 g/mol. The fourth-order valence-electron chi connectivity index (χ4n) is 2.06. The topological polar surface area (TPSA) is 200 Å². The van der Waals surface area contributed by atoms with Crippen LogP contribution in [0.25, 0.3) is 0 Å². The van der Waals surface area contributed by atoms with Gasteiger partial charge >= 0.3 is 5.97 Å². The van der Waals surface area contributed by atoms with Crippen molar-refractivity contribution < 1.29 is 29.4 Å². The number of imidazole rings is 1. The van der Waals surface area contributed by atoms with Crippen LogP contribution in [-0.4, -0.2) is 74.6 Å². The molecule has 0 aliphatic heterocycles. The van der Waals surface area contributed by atoms with Gasteiger partial charge in [0.05, 0.1) is 18.5 Å². The number of carbonyl (C=O) groups is 4. The number of hydrogen-bond donors (Lipinski definition) is 7. The third kappa shape index (κ3) is 7.42. The highest BCUT2D eigenvalue weighted by Gasteiger charge is 2.30. The molecule has 150 valence electrons. The van der Waals surface area contributed by atoms with Gasteiger partial charge in [-0.2, -0.15) is 0 Å². The minimum absolute atomic E-state index is 0.00897. The van der Waals surface area contributed by atoms with E-state index in [4.69, 9.17) is 10.8 Å². The molecule has 1 heterocycles. The van der Waals surface area contributed by atoms with Gasteiger partial charge in [-0.25, -0.2) is 4.98 Å². The number of H-pyrrole nitrogens is 1. The molecule has 4 unspecified atom stereocenters. The summed E-state index contributed by atoms with van der Waals surface area (Å²) in [6, 6.07) is -3.41. The third-order valence-electron chi connectivity index (χ3n) is 3.50. The fourth-order valence-corrected chi connectivity index (χ4v) is 2.06. The van der Waals surface area contributed by atoms with E-state index >= 15 is 0 Å². The number of carboxylic acids is 1. The van der Waals surface area contributed by atoms with Gasteiger partial charge in [0.1, 0.15) is 18.6 Å². The van der Waals surface area contributed by atoms with Crippen LogP contribution in [0.15, 0.2) is 12.5 Å². The first-order valence-corrected chi connectivity index (χ1v) is 8.13. The monoisotopic (exact) mass is 384 g/mol. The van der Waals surface area contributed by atoms with E-state index in [9.17, 15) is 24.3 Å². The van der Waals surface area contributed by atoms with Crippen LogP contribution in [0.4, 0.5) is 0 Å². The number of aromatic amines is 1. The van der Waals surface area contributed by atoms with Gasteiger partial charge in [0.25, 0.3) is 0 Å². The van der Waals surface area contributed by atoms with Crippen LogP contribution < -0.4 is 21.7 Å². The molecule has 1 aromatic rings. The highest BCUT2D eigenvalue weighted by Crippen LogP contribution is 2.02. The molecule has 12 nitrogen and oxygen atoms in total. The second kappa shape index (κ2) is 10.2. The molecule has 0 saturated carbocycles. The molecule has 0 aromatic carbocycles. The Kier molecular flexibility index (Phi) is 8.35. The van der Waals surface area contributed by atoms with Crippen molar-refractivity contribution in [2.24, 2.45) is 5.73 Å². The van der Waals surface area contributed by atoms with E-state index < -0.39 is 54.5 Å². The predicted octanol–water partition coefficient (Wildman–Crippen LogP) is -3.15. The quantitative estimate of drug-likeness (QED) is 0.219. The summed E-state index contributed by atoms with van der Waals surface area (Å²) in [7, 11) is 0. The van der Waals surface area contributed by atoms with E-state index in [0.29, 0.717) is 5.69 Å². The molecule has 0 radical (unpaired) electrons. The number of aliphatic hydroxyl groups excluding tert-OH is 1. The number of aliphatic carboxylic acids is 1. The van der Waals surface area contributed by atoms with Crippen molar-refractivity contribution in [3.05, 3.63) is 18.2 Å². The van der Waals surface area contributed by atoms with Gasteiger partial charge < -0.3 is 36.9 Å². The number of nitrogens with one attached hydrogen (secondary N) is 4. The summed E-state index contributed by atoms with van der Waals surface area (Å²) >= 11 is 0.